The lowest BCUT2D eigenvalue weighted by molar-refractivity contribution is -0.0818. The van der Waals surface area contributed by atoms with Crippen molar-refractivity contribution in [2.45, 2.75) is 6.10 Å². The Hall–Kier alpha value is -1.38. The minimum Gasteiger partial charge on any atom is -0.465 e. The van der Waals surface area contributed by atoms with Gasteiger partial charge in [-0.25, -0.2) is 4.79 Å². The summed E-state index contributed by atoms with van der Waals surface area (Å²) in [6.07, 6.45) is -0.0347. The standard InChI is InChI=1S/C10H15N3O4S/c1-15-10(14)7-8(11)13-18-9(7)12-4-6-5-16-2-3-17-6/h6,12H,2-5H2,1H3,(H2,11,13). The highest BCUT2D eigenvalue weighted by atomic mass is 32.1. The van der Waals surface area contributed by atoms with E-state index in [1.165, 1.54) is 7.11 Å². The first-order chi connectivity index (χ1) is 8.72. The van der Waals surface area contributed by atoms with Crippen molar-refractivity contribution >= 4 is 28.3 Å². The molecule has 0 amide bonds. The third-order valence-electron chi connectivity index (χ3n) is 2.48. The first-order valence-electron chi connectivity index (χ1n) is 5.49. The number of esters is 1. The molecular weight excluding hydrogens is 258 g/mol. The van der Waals surface area contributed by atoms with Gasteiger partial charge >= 0.3 is 5.97 Å². The lowest BCUT2D eigenvalue weighted by atomic mass is 10.3. The van der Waals surface area contributed by atoms with Gasteiger partial charge in [0.2, 0.25) is 0 Å². The van der Waals surface area contributed by atoms with Crippen LogP contribution >= 0.6 is 11.5 Å². The van der Waals surface area contributed by atoms with Crippen molar-refractivity contribution in [3.63, 3.8) is 0 Å². The SMILES string of the molecule is COC(=O)c1c(N)nsc1NCC1COCCO1. The number of aromatic nitrogens is 1. The Labute approximate surface area is 108 Å². The molecular formula is C10H15N3O4S. The van der Waals surface area contributed by atoms with Gasteiger partial charge in [-0.2, -0.15) is 4.37 Å². The molecule has 1 fully saturated rings. The van der Waals surface area contributed by atoms with Crippen LogP contribution in [0.4, 0.5) is 10.8 Å². The molecule has 0 spiro atoms. The van der Waals surface area contributed by atoms with Crippen LogP contribution in [0.15, 0.2) is 0 Å². The second-order valence-corrected chi connectivity index (χ2v) is 4.49. The molecule has 1 aliphatic heterocycles. The number of ether oxygens (including phenoxy) is 3. The highest BCUT2D eigenvalue weighted by molar-refractivity contribution is 7.11. The predicted octanol–water partition coefficient (Wildman–Crippen LogP) is 0.339. The summed E-state index contributed by atoms with van der Waals surface area (Å²) in [4.78, 5) is 11.5. The highest BCUT2D eigenvalue weighted by Gasteiger charge is 2.21. The maximum absolute atomic E-state index is 11.5. The molecule has 0 radical (unpaired) electrons. The molecule has 18 heavy (non-hydrogen) atoms. The van der Waals surface area contributed by atoms with Crippen LogP contribution < -0.4 is 11.1 Å². The zero-order valence-electron chi connectivity index (χ0n) is 9.97. The summed E-state index contributed by atoms with van der Waals surface area (Å²) < 4.78 is 19.4. The fourth-order valence-electron chi connectivity index (χ4n) is 1.58. The number of nitrogen functional groups attached to an aromatic ring is 1. The van der Waals surface area contributed by atoms with E-state index in [0.717, 1.165) is 11.5 Å². The summed E-state index contributed by atoms with van der Waals surface area (Å²) in [6.45, 7) is 2.28. The van der Waals surface area contributed by atoms with E-state index in [0.29, 0.717) is 31.4 Å². The molecule has 0 aromatic carbocycles. The van der Waals surface area contributed by atoms with Gasteiger partial charge in [0, 0.05) is 6.54 Å². The molecule has 100 valence electrons. The van der Waals surface area contributed by atoms with E-state index in [1.807, 2.05) is 0 Å². The quantitative estimate of drug-likeness (QED) is 0.763. The number of carbonyl (C=O) groups is 1. The zero-order valence-corrected chi connectivity index (χ0v) is 10.8. The summed E-state index contributed by atoms with van der Waals surface area (Å²) in [5, 5.41) is 3.68. The fourth-order valence-corrected chi connectivity index (χ4v) is 2.29. The molecule has 1 aromatic rings. The predicted molar refractivity (Wildman–Crippen MR) is 66.9 cm³/mol. The van der Waals surface area contributed by atoms with Gasteiger partial charge < -0.3 is 25.3 Å². The molecule has 2 rings (SSSR count). The Kier molecular flexibility index (Phi) is 4.34. The van der Waals surface area contributed by atoms with Gasteiger partial charge in [-0.15, -0.1) is 0 Å². The molecule has 1 atom stereocenters. The number of hydrogen-bond acceptors (Lipinski definition) is 8. The normalized spacial score (nSPS) is 19.5. The monoisotopic (exact) mass is 273 g/mol. The second-order valence-electron chi connectivity index (χ2n) is 3.71. The number of rotatable bonds is 4. The first kappa shape index (κ1) is 13.1. The maximum Gasteiger partial charge on any atom is 0.344 e. The highest BCUT2D eigenvalue weighted by Crippen LogP contribution is 2.27. The molecule has 1 saturated heterocycles. The van der Waals surface area contributed by atoms with Crippen LogP contribution in [0.1, 0.15) is 10.4 Å². The van der Waals surface area contributed by atoms with Gasteiger partial charge in [-0.3, -0.25) is 0 Å². The van der Waals surface area contributed by atoms with E-state index in [9.17, 15) is 4.79 Å². The van der Waals surface area contributed by atoms with E-state index in [2.05, 4.69) is 14.4 Å². The van der Waals surface area contributed by atoms with Crippen molar-refractivity contribution in [3.05, 3.63) is 5.56 Å². The number of nitrogens with zero attached hydrogens (tertiary/aromatic N) is 1. The third-order valence-corrected chi connectivity index (χ3v) is 3.30. The number of nitrogens with one attached hydrogen (secondary N) is 1. The van der Waals surface area contributed by atoms with E-state index in [4.69, 9.17) is 15.2 Å². The van der Waals surface area contributed by atoms with Crippen molar-refractivity contribution in [3.8, 4) is 0 Å². The number of anilines is 2. The van der Waals surface area contributed by atoms with Crippen LogP contribution in [-0.4, -0.2) is 49.9 Å². The number of carbonyl (C=O) groups excluding carboxylic acids is 1. The van der Waals surface area contributed by atoms with E-state index in [1.54, 1.807) is 0 Å². The minimum atomic E-state index is -0.496. The molecule has 0 aliphatic carbocycles. The van der Waals surface area contributed by atoms with Crippen molar-refractivity contribution in [1.29, 1.82) is 0 Å². The van der Waals surface area contributed by atoms with E-state index < -0.39 is 5.97 Å². The van der Waals surface area contributed by atoms with Crippen LogP contribution in [0, 0.1) is 0 Å². The Morgan fingerprint density at radius 2 is 2.50 bits per heavy atom. The maximum atomic E-state index is 11.5. The van der Waals surface area contributed by atoms with Gasteiger partial charge in [-0.1, -0.05) is 0 Å². The first-order valence-corrected chi connectivity index (χ1v) is 6.26. The van der Waals surface area contributed by atoms with Crippen molar-refractivity contribution in [1.82, 2.24) is 4.37 Å². The summed E-state index contributed by atoms with van der Waals surface area (Å²) in [7, 11) is 1.31. The van der Waals surface area contributed by atoms with Crippen LogP contribution in [-0.2, 0) is 14.2 Å². The molecule has 0 saturated carbocycles. The zero-order chi connectivity index (χ0) is 13.0. The number of methoxy groups -OCH3 is 1. The molecule has 1 unspecified atom stereocenters. The van der Waals surface area contributed by atoms with Gasteiger partial charge in [0.05, 0.1) is 33.0 Å². The molecule has 7 nitrogen and oxygen atoms in total. The van der Waals surface area contributed by atoms with Crippen molar-refractivity contribution < 1.29 is 19.0 Å². The molecule has 0 bridgehead atoms. The van der Waals surface area contributed by atoms with Gasteiger partial charge in [-0.05, 0) is 11.5 Å². The third kappa shape index (κ3) is 2.89. The Bertz CT molecular complexity index is 417. The smallest absolute Gasteiger partial charge is 0.344 e. The summed E-state index contributed by atoms with van der Waals surface area (Å²) in [5.41, 5.74) is 5.91. The van der Waals surface area contributed by atoms with Gasteiger partial charge in [0.15, 0.2) is 5.82 Å². The van der Waals surface area contributed by atoms with Crippen LogP contribution in [0.5, 0.6) is 0 Å². The van der Waals surface area contributed by atoms with Gasteiger partial charge in [0.1, 0.15) is 10.6 Å². The van der Waals surface area contributed by atoms with Crippen LogP contribution in [0.3, 0.4) is 0 Å². The lowest BCUT2D eigenvalue weighted by Crippen LogP contribution is -2.34. The number of hydrogen-bond donors (Lipinski definition) is 2. The number of nitrogens with two attached hydrogens (primary N) is 1. The van der Waals surface area contributed by atoms with Crippen LogP contribution in [0.2, 0.25) is 0 Å². The topological polar surface area (TPSA) is 95.7 Å². The Morgan fingerprint density at radius 1 is 1.67 bits per heavy atom. The van der Waals surface area contributed by atoms with Crippen molar-refractivity contribution in [2.24, 2.45) is 0 Å². The Balaban J connectivity index is 1.98. The molecule has 2 heterocycles. The lowest BCUT2D eigenvalue weighted by Gasteiger charge is -2.23. The average Bonchev–Trinajstić information content (AvgIpc) is 2.78. The molecule has 3 N–H and O–H groups in total. The second kappa shape index (κ2) is 5.98. The Morgan fingerprint density at radius 3 is 3.17 bits per heavy atom. The molecule has 8 heteroatoms. The summed E-state index contributed by atoms with van der Waals surface area (Å²) in [6, 6.07) is 0. The summed E-state index contributed by atoms with van der Waals surface area (Å²) >= 11 is 1.13. The average molecular weight is 273 g/mol. The van der Waals surface area contributed by atoms with E-state index in [-0.39, 0.29) is 17.5 Å². The van der Waals surface area contributed by atoms with Crippen molar-refractivity contribution in [2.75, 3.05) is 44.5 Å². The molecule has 1 aliphatic rings. The van der Waals surface area contributed by atoms with Crippen LogP contribution in [0.25, 0.3) is 0 Å². The van der Waals surface area contributed by atoms with E-state index >= 15 is 0 Å². The fraction of sp³-hybridized carbons (Fsp3) is 0.600. The summed E-state index contributed by atoms with van der Waals surface area (Å²) in [5.74, 6) is -0.320. The minimum absolute atomic E-state index is 0.0347. The molecule has 1 aromatic heterocycles. The van der Waals surface area contributed by atoms with Gasteiger partial charge in [0.25, 0.3) is 0 Å². The largest absolute Gasteiger partial charge is 0.465 e.